The van der Waals surface area contributed by atoms with Gasteiger partial charge >= 0.3 is 0 Å². The lowest BCUT2D eigenvalue weighted by Gasteiger charge is -2.12. The maximum atomic E-state index is 12.4. The molecule has 0 aliphatic rings. The first kappa shape index (κ1) is 19.2. The number of aromatic nitrogens is 3. The van der Waals surface area contributed by atoms with E-state index in [2.05, 4.69) is 28.6 Å². The van der Waals surface area contributed by atoms with Crippen molar-refractivity contribution < 1.29 is 9.53 Å². The molecule has 3 rings (SSSR count). The fourth-order valence-corrected chi connectivity index (χ4v) is 3.56. The van der Waals surface area contributed by atoms with Gasteiger partial charge in [0, 0.05) is 17.7 Å². The standard InChI is InChI=1S/C21H23N3O2S/c1-15(2)13-24-20(17-9-11-18(26-3)12-10-17)22-23-21(24)27-14-19(25)16-7-5-4-6-8-16/h4-12,15H,13-14H2,1-3H3. The lowest BCUT2D eigenvalue weighted by molar-refractivity contribution is 0.102. The van der Waals surface area contributed by atoms with Gasteiger partial charge in [-0.3, -0.25) is 4.79 Å². The second kappa shape index (κ2) is 8.86. The van der Waals surface area contributed by atoms with Crippen molar-refractivity contribution in [1.82, 2.24) is 14.8 Å². The van der Waals surface area contributed by atoms with Crippen molar-refractivity contribution in [2.24, 2.45) is 5.92 Å². The number of methoxy groups -OCH3 is 1. The quantitative estimate of drug-likeness (QED) is 0.422. The van der Waals surface area contributed by atoms with Gasteiger partial charge in [0.05, 0.1) is 12.9 Å². The van der Waals surface area contributed by atoms with Crippen LogP contribution in [0.1, 0.15) is 24.2 Å². The fraction of sp³-hybridized carbons (Fsp3) is 0.286. The molecule has 0 amide bonds. The Morgan fingerprint density at radius 2 is 1.78 bits per heavy atom. The number of carbonyl (C=O) groups excluding carboxylic acids is 1. The molecule has 1 heterocycles. The van der Waals surface area contributed by atoms with Crippen LogP contribution in [0.2, 0.25) is 0 Å². The lowest BCUT2D eigenvalue weighted by atomic mass is 10.2. The number of Topliss-reactive ketones (excluding diaryl/α,β-unsaturated/α-hetero) is 1. The molecule has 1 aromatic heterocycles. The maximum absolute atomic E-state index is 12.4. The van der Waals surface area contributed by atoms with Crippen LogP contribution in [-0.2, 0) is 6.54 Å². The molecule has 3 aromatic rings. The van der Waals surface area contributed by atoms with E-state index in [4.69, 9.17) is 4.74 Å². The zero-order valence-corrected chi connectivity index (χ0v) is 16.6. The zero-order chi connectivity index (χ0) is 19.2. The third-order valence-corrected chi connectivity index (χ3v) is 5.01. The van der Waals surface area contributed by atoms with Crippen LogP contribution in [0.25, 0.3) is 11.4 Å². The van der Waals surface area contributed by atoms with E-state index in [1.54, 1.807) is 7.11 Å². The van der Waals surface area contributed by atoms with Crippen LogP contribution in [0.3, 0.4) is 0 Å². The van der Waals surface area contributed by atoms with E-state index >= 15 is 0 Å². The lowest BCUT2D eigenvalue weighted by Crippen LogP contribution is -2.09. The molecule has 0 fully saturated rings. The minimum Gasteiger partial charge on any atom is -0.497 e. The van der Waals surface area contributed by atoms with Gasteiger partial charge in [0.25, 0.3) is 0 Å². The Morgan fingerprint density at radius 1 is 1.07 bits per heavy atom. The SMILES string of the molecule is COc1ccc(-c2nnc(SCC(=O)c3ccccc3)n2CC(C)C)cc1. The van der Waals surface area contributed by atoms with Gasteiger partial charge in [0.2, 0.25) is 0 Å². The molecule has 0 unspecified atom stereocenters. The minimum absolute atomic E-state index is 0.0886. The highest BCUT2D eigenvalue weighted by Gasteiger charge is 2.17. The van der Waals surface area contributed by atoms with Gasteiger partial charge in [-0.15, -0.1) is 10.2 Å². The van der Waals surface area contributed by atoms with E-state index in [1.165, 1.54) is 11.8 Å². The third kappa shape index (κ3) is 4.77. The topological polar surface area (TPSA) is 57.0 Å². The molecule has 0 saturated heterocycles. The summed E-state index contributed by atoms with van der Waals surface area (Å²) in [5, 5.41) is 9.49. The van der Waals surface area contributed by atoms with E-state index in [1.807, 2.05) is 54.6 Å². The van der Waals surface area contributed by atoms with Gasteiger partial charge in [-0.05, 0) is 30.2 Å². The maximum Gasteiger partial charge on any atom is 0.191 e. The largest absolute Gasteiger partial charge is 0.497 e. The van der Waals surface area contributed by atoms with Crippen molar-refractivity contribution in [2.75, 3.05) is 12.9 Å². The highest BCUT2D eigenvalue weighted by molar-refractivity contribution is 7.99. The summed E-state index contributed by atoms with van der Waals surface area (Å²) in [5.41, 5.74) is 1.69. The summed E-state index contributed by atoms with van der Waals surface area (Å²) in [4.78, 5) is 12.4. The Kier molecular flexibility index (Phi) is 6.29. The van der Waals surface area contributed by atoms with E-state index in [0.717, 1.165) is 34.4 Å². The molecule has 0 aliphatic heterocycles. The summed E-state index contributed by atoms with van der Waals surface area (Å²) in [6, 6.07) is 17.1. The Bertz CT molecular complexity index is 890. The van der Waals surface area contributed by atoms with Gasteiger partial charge < -0.3 is 9.30 Å². The monoisotopic (exact) mass is 381 g/mol. The van der Waals surface area contributed by atoms with Gasteiger partial charge in [0.15, 0.2) is 16.8 Å². The number of benzene rings is 2. The van der Waals surface area contributed by atoms with Crippen molar-refractivity contribution in [3.05, 3.63) is 60.2 Å². The molecule has 0 aliphatic carbocycles. The second-order valence-electron chi connectivity index (χ2n) is 6.62. The van der Waals surface area contributed by atoms with Crippen LogP contribution in [-0.4, -0.2) is 33.4 Å². The molecule has 6 heteroatoms. The summed E-state index contributed by atoms with van der Waals surface area (Å²) in [6.07, 6.45) is 0. The number of thioether (sulfide) groups is 1. The molecule has 2 aromatic carbocycles. The average Bonchev–Trinajstić information content (AvgIpc) is 3.08. The molecule has 0 bridgehead atoms. The summed E-state index contributed by atoms with van der Waals surface area (Å²) in [5.74, 6) is 2.47. The normalized spacial score (nSPS) is 11.0. The molecule has 0 atom stereocenters. The molecule has 5 nitrogen and oxygen atoms in total. The molecular weight excluding hydrogens is 358 g/mol. The molecule has 27 heavy (non-hydrogen) atoms. The Balaban J connectivity index is 1.82. The van der Waals surface area contributed by atoms with E-state index in [-0.39, 0.29) is 5.78 Å². The van der Waals surface area contributed by atoms with Crippen molar-refractivity contribution in [1.29, 1.82) is 0 Å². The van der Waals surface area contributed by atoms with E-state index in [0.29, 0.717) is 11.7 Å². The van der Waals surface area contributed by atoms with Crippen molar-refractivity contribution in [3.8, 4) is 17.1 Å². The van der Waals surface area contributed by atoms with Crippen LogP contribution < -0.4 is 4.74 Å². The first-order valence-corrected chi connectivity index (χ1v) is 9.85. The van der Waals surface area contributed by atoms with Crippen LogP contribution in [0, 0.1) is 5.92 Å². The highest BCUT2D eigenvalue weighted by atomic mass is 32.2. The van der Waals surface area contributed by atoms with Crippen molar-refractivity contribution in [2.45, 2.75) is 25.5 Å². The molecule has 0 radical (unpaired) electrons. The smallest absolute Gasteiger partial charge is 0.191 e. The van der Waals surface area contributed by atoms with Gasteiger partial charge in [-0.2, -0.15) is 0 Å². The van der Waals surface area contributed by atoms with Gasteiger partial charge in [0.1, 0.15) is 5.75 Å². The summed E-state index contributed by atoms with van der Waals surface area (Å²) < 4.78 is 7.32. The number of ketones is 1. The van der Waals surface area contributed by atoms with Gasteiger partial charge in [-0.1, -0.05) is 55.9 Å². The zero-order valence-electron chi connectivity index (χ0n) is 15.8. The molecule has 0 N–H and O–H groups in total. The number of carbonyl (C=O) groups is 1. The Labute approximate surface area is 163 Å². The molecule has 0 spiro atoms. The molecule has 140 valence electrons. The van der Waals surface area contributed by atoms with Crippen LogP contribution in [0.15, 0.2) is 59.8 Å². The number of hydrogen-bond acceptors (Lipinski definition) is 5. The fourth-order valence-electron chi connectivity index (χ4n) is 2.72. The predicted molar refractivity (Wildman–Crippen MR) is 108 cm³/mol. The second-order valence-corrected chi connectivity index (χ2v) is 7.56. The van der Waals surface area contributed by atoms with E-state index in [9.17, 15) is 4.79 Å². The number of nitrogens with zero attached hydrogens (tertiary/aromatic N) is 3. The minimum atomic E-state index is 0.0886. The number of ether oxygens (including phenoxy) is 1. The summed E-state index contributed by atoms with van der Waals surface area (Å²) in [7, 11) is 1.65. The van der Waals surface area contributed by atoms with Crippen molar-refractivity contribution >= 4 is 17.5 Å². The first-order valence-electron chi connectivity index (χ1n) is 8.87. The first-order chi connectivity index (χ1) is 13.1. The van der Waals surface area contributed by atoms with E-state index < -0.39 is 0 Å². The molecule has 0 saturated carbocycles. The van der Waals surface area contributed by atoms with Gasteiger partial charge in [-0.25, -0.2) is 0 Å². The Morgan fingerprint density at radius 3 is 2.41 bits per heavy atom. The predicted octanol–water partition coefficient (Wildman–Crippen LogP) is 4.58. The third-order valence-electron chi connectivity index (χ3n) is 4.04. The van der Waals surface area contributed by atoms with Crippen LogP contribution in [0.5, 0.6) is 5.75 Å². The summed E-state index contributed by atoms with van der Waals surface area (Å²) in [6.45, 7) is 5.10. The Hall–Kier alpha value is -2.60. The number of rotatable bonds is 8. The highest BCUT2D eigenvalue weighted by Crippen LogP contribution is 2.27. The van der Waals surface area contributed by atoms with Crippen LogP contribution in [0.4, 0.5) is 0 Å². The average molecular weight is 382 g/mol. The van der Waals surface area contributed by atoms with Crippen LogP contribution >= 0.6 is 11.8 Å². The van der Waals surface area contributed by atoms with Crippen molar-refractivity contribution in [3.63, 3.8) is 0 Å². The molecular formula is C21H23N3O2S. The summed E-state index contributed by atoms with van der Waals surface area (Å²) >= 11 is 1.43. The number of hydrogen-bond donors (Lipinski definition) is 0.